The van der Waals surface area contributed by atoms with Gasteiger partial charge >= 0.3 is 0 Å². The number of aryl methyl sites for hydroxylation is 3. The highest BCUT2D eigenvalue weighted by Gasteiger charge is 2.15. The molecular formula is C19H24N2O3. The van der Waals surface area contributed by atoms with Gasteiger partial charge in [-0.05, 0) is 50.5 Å². The smallest absolute Gasteiger partial charge is 0.242 e. The van der Waals surface area contributed by atoms with Crippen LogP contribution in [0.1, 0.15) is 35.8 Å². The highest BCUT2D eigenvalue weighted by molar-refractivity contribution is 5.87. The SMILES string of the molecule is Cc1ccc(CCC(=O)N[C@H](C)C(=O)NCc2ccco2)c(C)c1. The number of furan rings is 1. The summed E-state index contributed by atoms with van der Waals surface area (Å²) >= 11 is 0. The summed E-state index contributed by atoms with van der Waals surface area (Å²) in [5.74, 6) is 0.318. The van der Waals surface area contributed by atoms with E-state index in [0.717, 1.165) is 5.56 Å². The molecule has 128 valence electrons. The van der Waals surface area contributed by atoms with Gasteiger partial charge in [0.1, 0.15) is 11.8 Å². The van der Waals surface area contributed by atoms with E-state index < -0.39 is 6.04 Å². The monoisotopic (exact) mass is 328 g/mol. The summed E-state index contributed by atoms with van der Waals surface area (Å²) in [7, 11) is 0. The molecule has 0 saturated heterocycles. The van der Waals surface area contributed by atoms with Crippen LogP contribution in [-0.2, 0) is 22.6 Å². The van der Waals surface area contributed by atoms with E-state index in [2.05, 4.69) is 22.8 Å². The molecule has 0 aliphatic heterocycles. The molecule has 5 heteroatoms. The number of amides is 2. The summed E-state index contributed by atoms with van der Waals surface area (Å²) < 4.78 is 5.15. The number of hydrogen-bond acceptors (Lipinski definition) is 3. The van der Waals surface area contributed by atoms with Crippen LogP contribution in [0.2, 0.25) is 0 Å². The Morgan fingerprint density at radius 1 is 1.21 bits per heavy atom. The standard InChI is InChI=1S/C19H24N2O3/c1-13-6-7-16(14(2)11-13)8-9-18(22)21-15(3)19(23)20-12-17-5-4-10-24-17/h4-7,10-11,15H,8-9,12H2,1-3H3,(H,20,23)(H,21,22)/t15-/m1/s1. The lowest BCUT2D eigenvalue weighted by atomic mass is 10.0. The van der Waals surface area contributed by atoms with Crippen LogP contribution in [0.15, 0.2) is 41.0 Å². The van der Waals surface area contributed by atoms with E-state index in [0.29, 0.717) is 25.1 Å². The Morgan fingerprint density at radius 3 is 2.67 bits per heavy atom. The Bertz CT molecular complexity index is 693. The quantitative estimate of drug-likeness (QED) is 0.821. The lowest BCUT2D eigenvalue weighted by Gasteiger charge is -2.14. The number of hydrogen-bond donors (Lipinski definition) is 2. The van der Waals surface area contributed by atoms with Crippen molar-refractivity contribution in [3.8, 4) is 0 Å². The van der Waals surface area contributed by atoms with Crippen LogP contribution >= 0.6 is 0 Å². The molecule has 0 fully saturated rings. The Balaban J connectivity index is 1.75. The molecule has 0 aliphatic rings. The van der Waals surface area contributed by atoms with Crippen molar-refractivity contribution in [3.05, 3.63) is 59.0 Å². The van der Waals surface area contributed by atoms with Gasteiger partial charge in [-0.1, -0.05) is 23.8 Å². The third-order valence-electron chi connectivity index (χ3n) is 3.91. The molecule has 2 N–H and O–H groups in total. The number of benzene rings is 1. The van der Waals surface area contributed by atoms with Gasteiger partial charge in [0.05, 0.1) is 12.8 Å². The summed E-state index contributed by atoms with van der Waals surface area (Å²) in [4.78, 5) is 24.0. The van der Waals surface area contributed by atoms with E-state index >= 15 is 0 Å². The Kier molecular flexibility index (Phi) is 6.18. The zero-order valence-electron chi connectivity index (χ0n) is 14.4. The third-order valence-corrected chi connectivity index (χ3v) is 3.91. The molecule has 0 saturated carbocycles. The minimum Gasteiger partial charge on any atom is -0.467 e. The molecule has 0 aliphatic carbocycles. The lowest BCUT2D eigenvalue weighted by Crippen LogP contribution is -2.44. The first kappa shape index (κ1) is 17.8. The number of carbonyl (C=O) groups is 2. The van der Waals surface area contributed by atoms with E-state index in [-0.39, 0.29) is 11.8 Å². The van der Waals surface area contributed by atoms with Crippen molar-refractivity contribution < 1.29 is 14.0 Å². The highest BCUT2D eigenvalue weighted by atomic mass is 16.3. The van der Waals surface area contributed by atoms with Gasteiger partial charge in [-0.2, -0.15) is 0 Å². The van der Waals surface area contributed by atoms with E-state index in [4.69, 9.17) is 4.42 Å². The summed E-state index contributed by atoms with van der Waals surface area (Å²) in [6, 6.07) is 9.18. The van der Waals surface area contributed by atoms with Crippen molar-refractivity contribution in [1.29, 1.82) is 0 Å². The van der Waals surface area contributed by atoms with Crippen LogP contribution in [0.4, 0.5) is 0 Å². The third kappa shape index (κ3) is 5.26. The van der Waals surface area contributed by atoms with Gasteiger partial charge in [-0.15, -0.1) is 0 Å². The second-order valence-corrected chi connectivity index (χ2v) is 6.02. The molecule has 24 heavy (non-hydrogen) atoms. The predicted molar refractivity (Wildman–Crippen MR) is 92.4 cm³/mol. The molecule has 1 atom stereocenters. The normalized spacial score (nSPS) is 11.8. The molecule has 1 heterocycles. The van der Waals surface area contributed by atoms with Crippen LogP contribution in [0.5, 0.6) is 0 Å². The Morgan fingerprint density at radius 2 is 2.00 bits per heavy atom. The summed E-state index contributed by atoms with van der Waals surface area (Å²) in [5, 5.41) is 5.46. The van der Waals surface area contributed by atoms with Crippen molar-refractivity contribution in [3.63, 3.8) is 0 Å². The predicted octanol–water partition coefficient (Wildman–Crippen LogP) is 2.65. The van der Waals surface area contributed by atoms with E-state index in [1.54, 1.807) is 25.3 Å². The molecule has 5 nitrogen and oxygen atoms in total. The molecule has 1 aromatic heterocycles. The fourth-order valence-corrected chi connectivity index (χ4v) is 2.49. The first-order valence-corrected chi connectivity index (χ1v) is 8.11. The molecule has 2 aromatic rings. The van der Waals surface area contributed by atoms with Crippen molar-refractivity contribution in [1.82, 2.24) is 10.6 Å². The molecular weight excluding hydrogens is 304 g/mol. The molecule has 0 radical (unpaired) electrons. The highest BCUT2D eigenvalue weighted by Crippen LogP contribution is 2.12. The lowest BCUT2D eigenvalue weighted by molar-refractivity contribution is -0.128. The van der Waals surface area contributed by atoms with Gasteiger partial charge in [0, 0.05) is 6.42 Å². The summed E-state index contributed by atoms with van der Waals surface area (Å²) in [6.07, 6.45) is 2.58. The van der Waals surface area contributed by atoms with Crippen molar-refractivity contribution in [2.24, 2.45) is 0 Å². The molecule has 0 spiro atoms. The van der Waals surface area contributed by atoms with Crippen LogP contribution in [0.3, 0.4) is 0 Å². The van der Waals surface area contributed by atoms with Crippen molar-refractivity contribution >= 4 is 11.8 Å². The fraction of sp³-hybridized carbons (Fsp3) is 0.368. The first-order valence-electron chi connectivity index (χ1n) is 8.11. The van der Waals surface area contributed by atoms with Gasteiger partial charge in [-0.3, -0.25) is 9.59 Å². The minimum absolute atomic E-state index is 0.129. The van der Waals surface area contributed by atoms with Crippen LogP contribution < -0.4 is 10.6 Å². The van der Waals surface area contributed by atoms with Gasteiger partial charge < -0.3 is 15.1 Å². The molecule has 2 rings (SSSR count). The molecule has 0 unspecified atom stereocenters. The van der Waals surface area contributed by atoms with Gasteiger partial charge in [-0.25, -0.2) is 0 Å². The van der Waals surface area contributed by atoms with Crippen molar-refractivity contribution in [2.45, 2.75) is 46.2 Å². The molecule has 2 amide bonds. The van der Waals surface area contributed by atoms with Gasteiger partial charge in [0.15, 0.2) is 0 Å². The zero-order valence-corrected chi connectivity index (χ0v) is 14.4. The van der Waals surface area contributed by atoms with Crippen LogP contribution in [-0.4, -0.2) is 17.9 Å². The van der Waals surface area contributed by atoms with Crippen molar-refractivity contribution in [2.75, 3.05) is 0 Å². The topological polar surface area (TPSA) is 71.3 Å². The maximum Gasteiger partial charge on any atom is 0.242 e. The Labute approximate surface area is 142 Å². The second kappa shape index (κ2) is 8.34. The van der Waals surface area contributed by atoms with E-state index in [9.17, 15) is 9.59 Å². The second-order valence-electron chi connectivity index (χ2n) is 6.02. The van der Waals surface area contributed by atoms with Crippen LogP contribution in [0, 0.1) is 13.8 Å². The van der Waals surface area contributed by atoms with Crippen LogP contribution in [0.25, 0.3) is 0 Å². The maximum absolute atomic E-state index is 12.0. The average Bonchev–Trinajstić information content (AvgIpc) is 3.05. The van der Waals surface area contributed by atoms with Gasteiger partial charge in [0.2, 0.25) is 11.8 Å². The number of rotatable bonds is 7. The number of nitrogens with one attached hydrogen (secondary N) is 2. The molecule has 0 bridgehead atoms. The maximum atomic E-state index is 12.0. The van der Waals surface area contributed by atoms with E-state index in [1.165, 1.54) is 11.1 Å². The summed E-state index contributed by atoms with van der Waals surface area (Å²) in [5.41, 5.74) is 3.56. The average molecular weight is 328 g/mol. The van der Waals surface area contributed by atoms with Gasteiger partial charge in [0.25, 0.3) is 0 Å². The number of carbonyl (C=O) groups excluding carboxylic acids is 2. The molecule has 1 aromatic carbocycles. The minimum atomic E-state index is -0.577. The van der Waals surface area contributed by atoms with E-state index in [1.807, 2.05) is 19.9 Å². The summed E-state index contributed by atoms with van der Waals surface area (Å²) in [6.45, 7) is 6.08. The zero-order chi connectivity index (χ0) is 17.5. The fourth-order valence-electron chi connectivity index (χ4n) is 2.49. The largest absolute Gasteiger partial charge is 0.467 e. The first-order chi connectivity index (χ1) is 11.5. The Hall–Kier alpha value is -2.56.